The molecule has 1 aliphatic carbocycles. The molecular formula is C28H36N2O3. The Morgan fingerprint density at radius 3 is 2.48 bits per heavy atom. The molecule has 0 radical (unpaired) electrons. The number of methoxy groups -OCH3 is 1. The number of carbonyl (C=O) groups excluding carboxylic acids is 1. The van der Waals surface area contributed by atoms with E-state index in [1.165, 1.54) is 11.1 Å². The fourth-order valence-corrected chi connectivity index (χ4v) is 6.00. The summed E-state index contributed by atoms with van der Waals surface area (Å²) in [5.41, 5.74) is 5.88. The molecule has 3 heterocycles. The highest BCUT2D eigenvalue weighted by molar-refractivity contribution is 5.74. The van der Waals surface area contributed by atoms with Crippen molar-refractivity contribution in [2.24, 2.45) is 11.3 Å². The number of fused-ring (bicyclic) bond motifs is 4. The highest BCUT2D eigenvalue weighted by atomic mass is 16.6. The number of aryl methyl sites for hydroxylation is 1. The summed E-state index contributed by atoms with van der Waals surface area (Å²) in [5, 5.41) is 3.22. The molecule has 4 aliphatic rings. The molecule has 1 amide bonds. The standard InChI is InChI=1S/C28H36N2O3/c1-5-18-6-8-19(9-7-18)22-14-21-16-28(2,3)26(23(21)15-24(22)32-4)29-27(31)33-25-17-30-12-10-20(25)11-13-30/h6-9,14-15,20,25-26H,5,10-13,16-17H2,1-4H3,(H,29,31)/t25-,26?/m1/s1. The summed E-state index contributed by atoms with van der Waals surface area (Å²) in [6.45, 7) is 9.75. The van der Waals surface area contributed by atoms with Crippen molar-refractivity contribution >= 4 is 6.09 Å². The minimum absolute atomic E-state index is 0.0134. The van der Waals surface area contributed by atoms with Gasteiger partial charge in [-0.15, -0.1) is 0 Å². The largest absolute Gasteiger partial charge is 0.496 e. The SMILES string of the molecule is CCc1ccc(-c2cc3c(cc2OC)C(NC(=O)O[C@@H]2CN4CCC2CC4)C(C)(C)C3)cc1. The van der Waals surface area contributed by atoms with Gasteiger partial charge in [-0.3, -0.25) is 4.90 Å². The summed E-state index contributed by atoms with van der Waals surface area (Å²) in [5.74, 6) is 1.35. The van der Waals surface area contributed by atoms with Crippen molar-refractivity contribution in [3.63, 3.8) is 0 Å². The van der Waals surface area contributed by atoms with Crippen LogP contribution in [0.5, 0.6) is 5.75 Å². The summed E-state index contributed by atoms with van der Waals surface area (Å²) in [6.07, 6.45) is 3.91. The van der Waals surface area contributed by atoms with Gasteiger partial charge in [0.1, 0.15) is 11.9 Å². The van der Waals surface area contributed by atoms with E-state index in [1.54, 1.807) is 7.11 Å². The molecule has 6 rings (SSSR count). The molecule has 2 atom stereocenters. The van der Waals surface area contributed by atoms with Gasteiger partial charge in [-0.2, -0.15) is 0 Å². The Kier molecular flexibility index (Phi) is 5.86. The van der Waals surface area contributed by atoms with Crippen LogP contribution >= 0.6 is 0 Å². The highest BCUT2D eigenvalue weighted by Crippen LogP contribution is 2.48. The number of amides is 1. The lowest BCUT2D eigenvalue weighted by Crippen LogP contribution is -2.53. The topological polar surface area (TPSA) is 50.8 Å². The van der Waals surface area contributed by atoms with Gasteiger partial charge in [0.05, 0.1) is 13.2 Å². The third-order valence-corrected chi connectivity index (χ3v) is 7.99. The first-order valence-corrected chi connectivity index (χ1v) is 12.4. The predicted molar refractivity (Wildman–Crippen MR) is 131 cm³/mol. The monoisotopic (exact) mass is 448 g/mol. The van der Waals surface area contributed by atoms with Crippen LogP contribution in [0.1, 0.15) is 56.3 Å². The average Bonchev–Trinajstić information content (AvgIpc) is 3.07. The molecule has 0 spiro atoms. The average molecular weight is 449 g/mol. The summed E-state index contributed by atoms with van der Waals surface area (Å²) in [4.78, 5) is 15.4. The Labute approximate surface area is 197 Å². The molecular weight excluding hydrogens is 412 g/mol. The minimum atomic E-state index is -0.294. The maximum absolute atomic E-state index is 13.0. The quantitative estimate of drug-likeness (QED) is 0.668. The molecule has 3 saturated heterocycles. The van der Waals surface area contributed by atoms with E-state index in [9.17, 15) is 4.79 Å². The molecule has 5 heteroatoms. The first-order chi connectivity index (χ1) is 15.9. The van der Waals surface area contributed by atoms with Crippen LogP contribution in [-0.2, 0) is 17.6 Å². The van der Waals surface area contributed by atoms with Crippen LogP contribution < -0.4 is 10.1 Å². The van der Waals surface area contributed by atoms with Gasteiger partial charge in [0.15, 0.2) is 0 Å². The molecule has 33 heavy (non-hydrogen) atoms. The summed E-state index contributed by atoms with van der Waals surface area (Å²) < 4.78 is 11.8. The van der Waals surface area contributed by atoms with Crippen LogP contribution in [0.15, 0.2) is 36.4 Å². The number of nitrogens with one attached hydrogen (secondary N) is 1. The van der Waals surface area contributed by atoms with Gasteiger partial charge in [-0.1, -0.05) is 45.0 Å². The fraction of sp³-hybridized carbons (Fsp3) is 0.536. The second-order valence-electron chi connectivity index (χ2n) is 10.6. The van der Waals surface area contributed by atoms with Crippen LogP contribution in [0.4, 0.5) is 4.79 Å². The number of ether oxygens (including phenoxy) is 2. The zero-order valence-corrected chi connectivity index (χ0v) is 20.3. The molecule has 3 aliphatic heterocycles. The number of rotatable bonds is 5. The number of hydrogen-bond acceptors (Lipinski definition) is 4. The van der Waals surface area contributed by atoms with Gasteiger partial charge in [0, 0.05) is 12.1 Å². The summed E-state index contributed by atoms with van der Waals surface area (Å²) in [6, 6.07) is 13.0. The molecule has 1 unspecified atom stereocenters. The van der Waals surface area contributed by atoms with Gasteiger partial charge >= 0.3 is 6.09 Å². The number of piperidine rings is 3. The van der Waals surface area contributed by atoms with Gasteiger partial charge < -0.3 is 14.8 Å². The van der Waals surface area contributed by atoms with Crippen LogP contribution in [0.25, 0.3) is 11.1 Å². The lowest BCUT2D eigenvalue weighted by Gasteiger charge is -2.44. The number of alkyl carbamates (subject to hydrolysis) is 1. The molecule has 176 valence electrons. The molecule has 2 bridgehead atoms. The van der Waals surface area contributed by atoms with E-state index in [4.69, 9.17) is 9.47 Å². The molecule has 2 aromatic rings. The Morgan fingerprint density at radius 2 is 1.88 bits per heavy atom. The van der Waals surface area contributed by atoms with E-state index < -0.39 is 0 Å². The first-order valence-electron chi connectivity index (χ1n) is 12.4. The second-order valence-corrected chi connectivity index (χ2v) is 10.6. The van der Waals surface area contributed by atoms with E-state index >= 15 is 0 Å². The Balaban J connectivity index is 1.38. The summed E-state index contributed by atoms with van der Waals surface area (Å²) >= 11 is 0. The van der Waals surface area contributed by atoms with Gasteiger partial charge in [0.25, 0.3) is 0 Å². The van der Waals surface area contributed by atoms with Gasteiger partial charge in [-0.05, 0) is 84.5 Å². The second kappa shape index (κ2) is 8.68. The lowest BCUT2D eigenvalue weighted by atomic mass is 9.85. The van der Waals surface area contributed by atoms with Crippen molar-refractivity contribution in [1.29, 1.82) is 0 Å². The number of nitrogens with zero attached hydrogens (tertiary/aromatic N) is 1. The molecule has 1 N–H and O–H groups in total. The van der Waals surface area contributed by atoms with Gasteiger partial charge in [-0.25, -0.2) is 4.79 Å². The lowest BCUT2D eigenvalue weighted by molar-refractivity contribution is -0.0349. The number of hydrogen-bond donors (Lipinski definition) is 1. The molecule has 0 aromatic heterocycles. The van der Waals surface area contributed by atoms with E-state index in [1.807, 2.05) is 0 Å². The van der Waals surface area contributed by atoms with Crippen molar-refractivity contribution < 1.29 is 14.3 Å². The zero-order chi connectivity index (χ0) is 23.2. The Morgan fingerprint density at radius 1 is 1.15 bits per heavy atom. The van der Waals surface area contributed by atoms with Crippen LogP contribution in [0.3, 0.4) is 0 Å². The molecule has 5 nitrogen and oxygen atoms in total. The number of carbonyl (C=O) groups is 1. The fourth-order valence-electron chi connectivity index (χ4n) is 6.00. The van der Waals surface area contributed by atoms with Crippen LogP contribution in [-0.4, -0.2) is 43.8 Å². The smallest absolute Gasteiger partial charge is 0.407 e. The molecule has 0 saturated carbocycles. The van der Waals surface area contributed by atoms with E-state index in [0.717, 1.165) is 67.8 Å². The van der Waals surface area contributed by atoms with Crippen molar-refractivity contribution in [2.75, 3.05) is 26.7 Å². The van der Waals surface area contributed by atoms with Gasteiger partial charge in [0.2, 0.25) is 0 Å². The van der Waals surface area contributed by atoms with E-state index in [0.29, 0.717) is 5.92 Å². The normalized spacial score (nSPS) is 27.2. The van der Waals surface area contributed by atoms with Crippen molar-refractivity contribution in [1.82, 2.24) is 10.2 Å². The van der Waals surface area contributed by atoms with Crippen molar-refractivity contribution in [2.45, 2.75) is 58.6 Å². The Bertz CT molecular complexity index is 1020. The van der Waals surface area contributed by atoms with E-state index in [2.05, 4.69) is 67.4 Å². The Hall–Kier alpha value is -2.53. The van der Waals surface area contributed by atoms with E-state index in [-0.39, 0.29) is 23.7 Å². The minimum Gasteiger partial charge on any atom is -0.496 e. The third-order valence-electron chi connectivity index (χ3n) is 7.99. The third kappa shape index (κ3) is 4.23. The first kappa shape index (κ1) is 22.3. The molecule has 2 aromatic carbocycles. The van der Waals surface area contributed by atoms with Crippen molar-refractivity contribution in [3.05, 3.63) is 53.1 Å². The van der Waals surface area contributed by atoms with Crippen molar-refractivity contribution in [3.8, 4) is 16.9 Å². The maximum atomic E-state index is 13.0. The highest BCUT2D eigenvalue weighted by Gasteiger charge is 2.42. The zero-order valence-electron chi connectivity index (χ0n) is 20.3. The molecule has 3 fully saturated rings. The maximum Gasteiger partial charge on any atom is 0.407 e. The van der Waals surface area contributed by atoms with Crippen LogP contribution in [0.2, 0.25) is 0 Å². The summed E-state index contributed by atoms with van der Waals surface area (Å²) in [7, 11) is 1.72. The van der Waals surface area contributed by atoms with Crippen LogP contribution in [0, 0.1) is 11.3 Å². The number of benzene rings is 2. The predicted octanol–water partition coefficient (Wildman–Crippen LogP) is 5.37.